The zero-order valence-corrected chi connectivity index (χ0v) is 15.8. The molecule has 0 aliphatic carbocycles. The summed E-state index contributed by atoms with van der Waals surface area (Å²) in [6.45, 7) is 9.95. The number of H-pyrrole nitrogens is 1. The SMILES string of the molecule is CC(=O)c1c[nH]c(C(=O)N2CCN(Cc3ccc(C(C)C)cc3)CC2)c1. The zero-order chi connectivity index (χ0) is 18.7. The molecule has 0 bridgehead atoms. The van der Waals surface area contributed by atoms with Gasteiger partial charge in [0.1, 0.15) is 5.69 Å². The maximum atomic E-state index is 12.6. The van der Waals surface area contributed by atoms with E-state index in [2.05, 4.69) is 48.0 Å². The number of rotatable bonds is 5. The van der Waals surface area contributed by atoms with Gasteiger partial charge in [0.15, 0.2) is 5.78 Å². The molecule has 2 heterocycles. The van der Waals surface area contributed by atoms with E-state index in [1.165, 1.54) is 18.1 Å². The molecule has 1 aliphatic rings. The van der Waals surface area contributed by atoms with Crippen LogP contribution >= 0.6 is 0 Å². The second kappa shape index (κ2) is 7.87. The quantitative estimate of drug-likeness (QED) is 0.839. The number of benzene rings is 1. The Morgan fingerprint density at radius 1 is 1.08 bits per heavy atom. The lowest BCUT2D eigenvalue weighted by Crippen LogP contribution is -2.48. The fraction of sp³-hybridized carbons (Fsp3) is 0.429. The summed E-state index contributed by atoms with van der Waals surface area (Å²) in [5.74, 6) is 0.488. The highest BCUT2D eigenvalue weighted by Gasteiger charge is 2.23. The number of nitrogens with zero attached hydrogens (tertiary/aromatic N) is 2. The van der Waals surface area contributed by atoms with Gasteiger partial charge >= 0.3 is 0 Å². The topological polar surface area (TPSA) is 56.4 Å². The number of ketones is 1. The smallest absolute Gasteiger partial charge is 0.270 e. The van der Waals surface area contributed by atoms with Gasteiger partial charge < -0.3 is 9.88 Å². The van der Waals surface area contributed by atoms with Gasteiger partial charge in [-0.05, 0) is 30.0 Å². The number of nitrogens with one attached hydrogen (secondary N) is 1. The summed E-state index contributed by atoms with van der Waals surface area (Å²) in [7, 11) is 0. The monoisotopic (exact) mass is 353 g/mol. The highest BCUT2D eigenvalue weighted by Crippen LogP contribution is 2.17. The third kappa shape index (κ3) is 4.22. The average molecular weight is 353 g/mol. The minimum atomic E-state index is -0.0337. The van der Waals surface area contributed by atoms with Gasteiger partial charge in [0.2, 0.25) is 0 Å². The van der Waals surface area contributed by atoms with Gasteiger partial charge in [-0.2, -0.15) is 0 Å². The van der Waals surface area contributed by atoms with Crippen molar-refractivity contribution in [2.75, 3.05) is 26.2 Å². The van der Waals surface area contributed by atoms with E-state index in [4.69, 9.17) is 0 Å². The summed E-state index contributed by atoms with van der Waals surface area (Å²) in [5, 5.41) is 0. The van der Waals surface area contributed by atoms with Gasteiger partial charge in [-0.25, -0.2) is 0 Å². The highest BCUT2D eigenvalue weighted by atomic mass is 16.2. The van der Waals surface area contributed by atoms with E-state index < -0.39 is 0 Å². The van der Waals surface area contributed by atoms with Crippen LogP contribution in [0.2, 0.25) is 0 Å². The molecule has 1 aliphatic heterocycles. The lowest BCUT2D eigenvalue weighted by atomic mass is 10.0. The van der Waals surface area contributed by atoms with Crippen LogP contribution in [-0.4, -0.2) is 52.7 Å². The lowest BCUT2D eigenvalue weighted by molar-refractivity contribution is 0.0623. The molecule has 1 amide bonds. The first-order valence-corrected chi connectivity index (χ1v) is 9.24. The van der Waals surface area contributed by atoms with Crippen molar-refractivity contribution >= 4 is 11.7 Å². The highest BCUT2D eigenvalue weighted by molar-refractivity contribution is 5.99. The van der Waals surface area contributed by atoms with Crippen molar-refractivity contribution in [3.8, 4) is 0 Å². The lowest BCUT2D eigenvalue weighted by Gasteiger charge is -2.34. The molecule has 0 saturated carbocycles. The van der Waals surface area contributed by atoms with E-state index in [0.717, 1.165) is 19.6 Å². The first-order valence-electron chi connectivity index (χ1n) is 9.24. The van der Waals surface area contributed by atoms with Gasteiger partial charge in [-0.15, -0.1) is 0 Å². The molecule has 0 radical (unpaired) electrons. The summed E-state index contributed by atoms with van der Waals surface area (Å²) in [6.07, 6.45) is 1.60. The summed E-state index contributed by atoms with van der Waals surface area (Å²) < 4.78 is 0. The largest absolute Gasteiger partial charge is 0.356 e. The van der Waals surface area contributed by atoms with Crippen LogP contribution in [0.4, 0.5) is 0 Å². The van der Waals surface area contributed by atoms with Gasteiger partial charge in [-0.3, -0.25) is 14.5 Å². The maximum absolute atomic E-state index is 12.6. The molecule has 2 aromatic rings. The van der Waals surface area contributed by atoms with Crippen molar-refractivity contribution in [1.29, 1.82) is 0 Å². The van der Waals surface area contributed by atoms with Crippen molar-refractivity contribution in [3.63, 3.8) is 0 Å². The second-order valence-electron chi connectivity index (χ2n) is 7.32. The van der Waals surface area contributed by atoms with Gasteiger partial charge in [0.05, 0.1) is 0 Å². The molecule has 3 rings (SSSR count). The number of Topliss-reactive ketones (excluding diaryl/α,β-unsaturated/α-hetero) is 1. The Balaban J connectivity index is 1.53. The normalized spacial score (nSPS) is 15.5. The van der Waals surface area contributed by atoms with E-state index in [1.54, 1.807) is 12.3 Å². The number of aromatic nitrogens is 1. The molecule has 1 aromatic carbocycles. The number of carbonyl (C=O) groups is 2. The minimum Gasteiger partial charge on any atom is -0.356 e. The van der Waals surface area contributed by atoms with Gasteiger partial charge in [-0.1, -0.05) is 38.1 Å². The molecule has 0 atom stereocenters. The number of hydrogen-bond donors (Lipinski definition) is 1. The molecule has 0 unspecified atom stereocenters. The molecule has 5 heteroatoms. The fourth-order valence-corrected chi connectivity index (χ4v) is 3.27. The molecule has 1 saturated heterocycles. The third-order valence-corrected chi connectivity index (χ3v) is 5.03. The van der Waals surface area contributed by atoms with Crippen LogP contribution in [0.5, 0.6) is 0 Å². The minimum absolute atomic E-state index is 0.0292. The Morgan fingerprint density at radius 3 is 2.27 bits per heavy atom. The second-order valence-corrected chi connectivity index (χ2v) is 7.32. The summed E-state index contributed by atoms with van der Waals surface area (Å²) in [5.41, 5.74) is 3.72. The van der Waals surface area contributed by atoms with Crippen LogP contribution in [0.1, 0.15) is 58.7 Å². The van der Waals surface area contributed by atoms with Gasteiger partial charge in [0, 0.05) is 44.5 Å². The van der Waals surface area contributed by atoms with Gasteiger partial charge in [0.25, 0.3) is 5.91 Å². The molecule has 1 N–H and O–H groups in total. The number of piperazine rings is 1. The molecule has 0 spiro atoms. The van der Waals surface area contributed by atoms with Crippen molar-refractivity contribution < 1.29 is 9.59 Å². The van der Waals surface area contributed by atoms with Crippen LogP contribution < -0.4 is 0 Å². The van der Waals surface area contributed by atoms with Crippen molar-refractivity contribution in [2.24, 2.45) is 0 Å². The van der Waals surface area contributed by atoms with Crippen LogP contribution in [0.3, 0.4) is 0 Å². The number of carbonyl (C=O) groups excluding carboxylic acids is 2. The molecule has 138 valence electrons. The summed E-state index contributed by atoms with van der Waals surface area (Å²) in [4.78, 5) is 31.1. The Hall–Kier alpha value is -2.40. The predicted octanol–water partition coefficient (Wildman–Crippen LogP) is 3.30. The Morgan fingerprint density at radius 2 is 1.73 bits per heavy atom. The Labute approximate surface area is 155 Å². The molecule has 1 fully saturated rings. The average Bonchev–Trinajstić information content (AvgIpc) is 3.13. The van der Waals surface area contributed by atoms with E-state index >= 15 is 0 Å². The molecule has 26 heavy (non-hydrogen) atoms. The number of hydrogen-bond acceptors (Lipinski definition) is 3. The Bertz CT molecular complexity index is 769. The van der Waals surface area contributed by atoms with E-state index in [1.807, 2.05) is 4.90 Å². The summed E-state index contributed by atoms with van der Waals surface area (Å²) in [6, 6.07) is 10.5. The van der Waals surface area contributed by atoms with Crippen molar-refractivity contribution in [2.45, 2.75) is 33.2 Å². The number of amides is 1. The number of aromatic amines is 1. The fourth-order valence-electron chi connectivity index (χ4n) is 3.27. The predicted molar refractivity (Wildman–Crippen MR) is 103 cm³/mol. The molecular weight excluding hydrogens is 326 g/mol. The standard InChI is InChI=1S/C21H27N3O2/c1-15(2)18-6-4-17(5-7-18)14-23-8-10-24(11-9-23)21(26)20-12-19(13-22-20)16(3)25/h4-7,12-13,15,22H,8-11,14H2,1-3H3. The Kier molecular flexibility index (Phi) is 5.57. The van der Waals surface area contributed by atoms with E-state index in [0.29, 0.717) is 30.3 Å². The first kappa shape index (κ1) is 18.4. The van der Waals surface area contributed by atoms with Crippen LogP contribution in [0.25, 0.3) is 0 Å². The van der Waals surface area contributed by atoms with Crippen LogP contribution in [0.15, 0.2) is 36.5 Å². The molecular formula is C21H27N3O2. The first-order chi connectivity index (χ1) is 12.4. The van der Waals surface area contributed by atoms with Crippen LogP contribution in [-0.2, 0) is 6.54 Å². The summed E-state index contributed by atoms with van der Waals surface area (Å²) >= 11 is 0. The molecule has 5 nitrogen and oxygen atoms in total. The third-order valence-electron chi connectivity index (χ3n) is 5.03. The maximum Gasteiger partial charge on any atom is 0.270 e. The van der Waals surface area contributed by atoms with Crippen molar-refractivity contribution in [3.05, 3.63) is 58.9 Å². The van der Waals surface area contributed by atoms with E-state index in [9.17, 15) is 9.59 Å². The van der Waals surface area contributed by atoms with E-state index in [-0.39, 0.29) is 11.7 Å². The molecule has 1 aromatic heterocycles. The zero-order valence-electron chi connectivity index (χ0n) is 15.8. The van der Waals surface area contributed by atoms with Crippen molar-refractivity contribution in [1.82, 2.24) is 14.8 Å². The van der Waals surface area contributed by atoms with Crippen LogP contribution in [0, 0.1) is 0 Å².